The zero-order chi connectivity index (χ0) is 19.0. The molecule has 0 fully saturated rings. The van der Waals surface area contributed by atoms with Crippen LogP contribution in [-0.4, -0.2) is 33.5 Å². The third-order valence-corrected chi connectivity index (χ3v) is 5.10. The van der Waals surface area contributed by atoms with Gasteiger partial charge in [-0.15, -0.1) is 0 Å². The van der Waals surface area contributed by atoms with Crippen molar-refractivity contribution in [2.75, 3.05) is 6.54 Å². The number of rotatable bonds is 2. The number of carbonyl (C=O) groups is 2. The molecular weight excluding hydrogens is 342 g/mol. The van der Waals surface area contributed by atoms with Crippen molar-refractivity contribution >= 4 is 22.7 Å². The van der Waals surface area contributed by atoms with Gasteiger partial charge in [-0.3, -0.25) is 14.8 Å². The first-order chi connectivity index (χ1) is 13.0. The molecule has 1 aliphatic rings. The number of H-pyrrole nitrogens is 1. The molecule has 3 aromatic rings. The van der Waals surface area contributed by atoms with Crippen molar-refractivity contribution in [2.45, 2.75) is 26.3 Å². The van der Waals surface area contributed by atoms with Crippen LogP contribution >= 0.6 is 0 Å². The standard InChI is InChI=1S/C21H21N3O3/c1-13-4-7-18-17(9-13)11-19(22-18)21(26)24-8-2-3-14-10-15(20(25)23-27)5-6-16(14)12-24/h4-7,9-11,22,27H,2-3,8,12H2,1H3,(H,23,25). The Morgan fingerprint density at radius 1 is 1.11 bits per heavy atom. The van der Waals surface area contributed by atoms with Crippen molar-refractivity contribution in [3.05, 3.63) is 70.4 Å². The van der Waals surface area contributed by atoms with Gasteiger partial charge < -0.3 is 9.88 Å². The SMILES string of the molecule is Cc1ccc2[nH]c(C(=O)N3CCCc4cc(C(=O)NO)ccc4C3)cc2c1. The zero-order valence-corrected chi connectivity index (χ0v) is 15.1. The second kappa shape index (κ2) is 6.89. The molecular formula is C21H21N3O3. The summed E-state index contributed by atoms with van der Waals surface area (Å²) in [6, 6.07) is 13.3. The molecule has 0 bridgehead atoms. The van der Waals surface area contributed by atoms with E-state index in [-0.39, 0.29) is 5.91 Å². The van der Waals surface area contributed by atoms with Gasteiger partial charge >= 0.3 is 0 Å². The Bertz CT molecular complexity index is 1040. The molecule has 2 heterocycles. The Morgan fingerprint density at radius 2 is 1.96 bits per heavy atom. The second-order valence-corrected chi connectivity index (χ2v) is 7.03. The van der Waals surface area contributed by atoms with Gasteiger partial charge in [0.2, 0.25) is 0 Å². The number of carbonyl (C=O) groups excluding carboxylic acids is 2. The van der Waals surface area contributed by atoms with Crippen LogP contribution < -0.4 is 5.48 Å². The van der Waals surface area contributed by atoms with Gasteiger partial charge in [0, 0.05) is 29.6 Å². The molecule has 6 heteroatoms. The van der Waals surface area contributed by atoms with Gasteiger partial charge in [-0.1, -0.05) is 17.7 Å². The Hall–Kier alpha value is -3.12. The molecule has 27 heavy (non-hydrogen) atoms. The maximum Gasteiger partial charge on any atom is 0.274 e. The Morgan fingerprint density at radius 3 is 2.78 bits per heavy atom. The summed E-state index contributed by atoms with van der Waals surface area (Å²) in [5.41, 5.74) is 6.86. The van der Waals surface area contributed by atoms with Crippen LogP contribution in [0.25, 0.3) is 10.9 Å². The molecule has 0 spiro atoms. The molecule has 0 unspecified atom stereocenters. The summed E-state index contributed by atoms with van der Waals surface area (Å²) in [6.45, 7) is 3.19. The van der Waals surface area contributed by atoms with Crippen LogP contribution in [0.15, 0.2) is 42.5 Å². The predicted molar refractivity (Wildman–Crippen MR) is 102 cm³/mol. The van der Waals surface area contributed by atoms with Gasteiger partial charge in [-0.2, -0.15) is 0 Å². The monoisotopic (exact) mass is 363 g/mol. The van der Waals surface area contributed by atoms with Crippen LogP contribution in [0.5, 0.6) is 0 Å². The third kappa shape index (κ3) is 3.31. The summed E-state index contributed by atoms with van der Waals surface area (Å²) in [7, 11) is 0. The fraction of sp³-hybridized carbons (Fsp3) is 0.238. The van der Waals surface area contributed by atoms with E-state index in [9.17, 15) is 9.59 Å². The Kier molecular flexibility index (Phi) is 4.41. The zero-order valence-electron chi connectivity index (χ0n) is 15.1. The van der Waals surface area contributed by atoms with Gasteiger partial charge in [0.05, 0.1) is 0 Å². The number of hydroxylamine groups is 1. The van der Waals surface area contributed by atoms with Crippen molar-refractivity contribution in [3.8, 4) is 0 Å². The number of hydrogen-bond acceptors (Lipinski definition) is 3. The summed E-state index contributed by atoms with van der Waals surface area (Å²) in [5.74, 6) is -0.544. The average Bonchev–Trinajstić information content (AvgIpc) is 2.97. The molecule has 4 rings (SSSR count). The summed E-state index contributed by atoms with van der Waals surface area (Å²) in [6.07, 6.45) is 1.61. The second-order valence-electron chi connectivity index (χ2n) is 7.03. The van der Waals surface area contributed by atoms with Crippen LogP contribution in [0.2, 0.25) is 0 Å². The topological polar surface area (TPSA) is 85.4 Å². The molecule has 1 aromatic heterocycles. The fourth-order valence-electron chi connectivity index (χ4n) is 3.67. The number of aryl methyl sites for hydroxylation is 2. The summed E-state index contributed by atoms with van der Waals surface area (Å²) >= 11 is 0. The highest BCUT2D eigenvalue weighted by Crippen LogP contribution is 2.23. The van der Waals surface area contributed by atoms with Gasteiger partial charge in [-0.05, 0) is 61.2 Å². The highest BCUT2D eigenvalue weighted by Gasteiger charge is 2.22. The van der Waals surface area contributed by atoms with Crippen molar-refractivity contribution in [1.82, 2.24) is 15.4 Å². The van der Waals surface area contributed by atoms with Crippen LogP contribution in [0.1, 0.15) is 44.0 Å². The summed E-state index contributed by atoms with van der Waals surface area (Å²) in [4.78, 5) is 29.7. The molecule has 1 aliphatic heterocycles. The molecule has 0 saturated heterocycles. The van der Waals surface area contributed by atoms with E-state index in [1.165, 1.54) is 0 Å². The minimum atomic E-state index is -0.525. The highest BCUT2D eigenvalue weighted by atomic mass is 16.5. The lowest BCUT2D eigenvalue weighted by atomic mass is 10.0. The lowest BCUT2D eigenvalue weighted by Gasteiger charge is -2.20. The maximum atomic E-state index is 13.0. The number of nitrogens with one attached hydrogen (secondary N) is 2. The third-order valence-electron chi connectivity index (χ3n) is 5.10. The molecule has 3 N–H and O–H groups in total. The van der Waals surface area contributed by atoms with Crippen molar-refractivity contribution in [1.29, 1.82) is 0 Å². The van der Waals surface area contributed by atoms with Gasteiger partial charge in [0.25, 0.3) is 11.8 Å². The number of nitrogens with zero attached hydrogens (tertiary/aromatic N) is 1. The smallest absolute Gasteiger partial charge is 0.274 e. The summed E-state index contributed by atoms with van der Waals surface area (Å²) in [5, 5.41) is 9.85. The lowest BCUT2D eigenvalue weighted by molar-refractivity contribution is 0.0705. The molecule has 2 aromatic carbocycles. The molecule has 2 amide bonds. The lowest BCUT2D eigenvalue weighted by Crippen LogP contribution is -2.30. The number of hydrogen-bond donors (Lipinski definition) is 3. The molecule has 0 aliphatic carbocycles. The van der Waals surface area contributed by atoms with Crippen molar-refractivity contribution in [3.63, 3.8) is 0 Å². The fourth-order valence-corrected chi connectivity index (χ4v) is 3.67. The van der Waals surface area contributed by atoms with Gasteiger partial charge in [-0.25, -0.2) is 5.48 Å². The van der Waals surface area contributed by atoms with Crippen LogP contribution in [0.3, 0.4) is 0 Å². The number of aromatic nitrogens is 1. The first kappa shape index (κ1) is 17.3. The number of aromatic amines is 1. The van der Waals surface area contributed by atoms with E-state index in [4.69, 9.17) is 5.21 Å². The van der Waals surface area contributed by atoms with Crippen molar-refractivity contribution in [2.24, 2.45) is 0 Å². The maximum absolute atomic E-state index is 13.0. The van der Waals surface area contributed by atoms with E-state index < -0.39 is 5.91 Å². The van der Waals surface area contributed by atoms with Gasteiger partial charge in [0.1, 0.15) is 5.69 Å². The van der Waals surface area contributed by atoms with Crippen molar-refractivity contribution < 1.29 is 14.8 Å². The number of benzene rings is 2. The first-order valence-electron chi connectivity index (χ1n) is 9.00. The average molecular weight is 363 g/mol. The molecule has 6 nitrogen and oxygen atoms in total. The quantitative estimate of drug-likeness (QED) is 0.483. The molecule has 138 valence electrons. The molecule has 0 atom stereocenters. The Labute approximate surface area is 156 Å². The van der Waals surface area contributed by atoms with E-state index in [1.807, 2.05) is 36.1 Å². The minimum Gasteiger partial charge on any atom is -0.351 e. The van der Waals surface area contributed by atoms with Crippen LogP contribution in [-0.2, 0) is 13.0 Å². The van der Waals surface area contributed by atoms with E-state index in [2.05, 4.69) is 11.1 Å². The highest BCUT2D eigenvalue weighted by molar-refractivity contribution is 5.98. The largest absolute Gasteiger partial charge is 0.351 e. The molecule has 0 radical (unpaired) electrons. The van der Waals surface area contributed by atoms with E-state index >= 15 is 0 Å². The first-order valence-corrected chi connectivity index (χ1v) is 9.00. The van der Waals surface area contributed by atoms with E-state index in [0.717, 1.165) is 40.4 Å². The van der Waals surface area contributed by atoms with Crippen LogP contribution in [0, 0.1) is 6.92 Å². The van der Waals surface area contributed by atoms with E-state index in [1.54, 1.807) is 17.6 Å². The van der Waals surface area contributed by atoms with Gasteiger partial charge in [0.15, 0.2) is 0 Å². The van der Waals surface area contributed by atoms with E-state index in [0.29, 0.717) is 24.3 Å². The minimum absolute atomic E-state index is 0.0196. The normalized spacial score (nSPS) is 13.9. The predicted octanol–water partition coefficient (Wildman–Crippen LogP) is 3.18. The number of amides is 2. The summed E-state index contributed by atoms with van der Waals surface area (Å²) < 4.78 is 0. The van der Waals surface area contributed by atoms with Crippen LogP contribution in [0.4, 0.5) is 0 Å². The Balaban J connectivity index is 1.60. The number of fused-ring (bicyclic) bond motifs is 2. The molecule has 0 saturated carbocycles.